The first-order valence-electron chi connectivity index (χ1n) is 11.9. The van der Waals surface area contributed by atoms with Crippen molar-refractivity contribution in [2.75, 3.05) is 39.3 Å². The molecule has 0 spiro atoms. The third-order valence-corrected chi connectivity index (χ3v) is 8.12. The summed E-state index contributed by atoms with van der Waals surface area (Å²) in [7, 11) is -3.47. The lowest BCUT2D eigenvalue weighted by Gasteiger charge is -2.32. The van der Waals surface area contributed by atoms with Crippen LogP contribution in [0.1, 0.15) is 57.9 Å². The summed E-state index contributed by atoms with van der Waals surface area (Å²) >= 11 is 0. The van der Waals surface area contributed by atoms with Crippen molar-refractivity contribution >= 4 is 16.0 Å². The molecule has 0 aromatic heterocycles. The summed E-state index contributed by atoms with van der Waals surface area (Å²) in [6.45, 7) is 10.0. The van der Waals surface area contributed by atoms with Gasteiger partial charge in [0.2, 0.25) is 10.0 Å². The van der Waals surface area contributed by atoms with E-state index in [9.17, 15) is 8.42 Å². The Balaban J connectivity index is 1.69. The fourth-order valence-electron chi connectivity index (χ4n) is 4.43. The van der Waals surface area contributed by atoms with Crippen molar-refractivity contribution in [1.29, 1.82) is 0 Å². The Hall–Kier alpha value is -1.64. The van der Waals surface area contributed by atoms with Gasteiger partial charge in [0.1, 0.15) is 0 Å². The molecule has 0 bridgehead atoms. The molecule has 2 fully saturated rings. The van der Waals surface area contributed by atoms with E-state index in [1.165, 1.54) is 13.0 Å². The number of sulfonamides is 1. The van der Waals surface area contributed by atoms with Gasteiger partial charge in [-0.2, -0.15) is 4.31 Å². The van der Waals surface area contributed by atoms with Crippen LogP contribution in [0.25, 0.3) is 0 Å². The predicted molar refractivity (Wildman–Crippen MR) is 127 cm³/mol. The maximum absolute atomic E-state index is 13.2. The first-order chi connectivity index (χ1) is 15.0. The molecule has 0 unspecified atom stereocenters. The van der Waals surface area contributed by atoms with Crippen molar-refractivity contribution in [2.45, 2.75) is 69.9 Å². The van der Waals surface area contributed by atoms with E-state index in [0.29, 0.717) is 30.6 Å². The highest BCUT2D eigenvalue weighted by molar-refractivity contribution is 7.89. The average molecular weight is 450 g/mol. The molecule has 8 heteroatoms. The highest BCUT2D eigenvalue weighted by atomic mass is 32.2. The average Bonchev–Trinajstić information content (AvgIpc) is 2.80. The second-order valence-corrected chi connectivity index (χ2v) is 10.4. The minimum atomic E-state index is -3.47. The van der Waals surface area contributed by atoms with E-state index in [1.807, 2.05) is 12.1 Å². The summed E-state index contributed by atoms with van der Waals surface area (Å²) in [5.74, 6) is 0.765. The van der Waals surface area contributed by atoms with Crippen LogP contribution < -0.4 is 10.6 Å². The lowest BCUT2D eigenvalue weighted by molar-refractivity contribution is 0.206. The molecule has 0 aliphatic carbocycles. The Morgan fingerprint density at radius 1 is 1.06 bits per heavy atom. The van der Waals surface area contributed by atoms with Crippen molar-refractivity contribution in [1.82, 2.24) is 19.8 Å². The number of rotatable bonds is 8. The molecule has 2 aliphatic rings. The number of benzene rings is 1. The number of hydrogen-bond donors (Lipinski definition) is 2. The zero-order valence-electron chi connectivity index (χ0n) is 19.1. The van der Waals surface area contributed by atoms with Gasteiger partial charge in [-0.15, -0.1) is 0 Å². The zero-order chi connectivity index (χ0) is 22.1. The van der Waals surface area contributed by atoms with Crippen LogP contribution in [0.2, 0.25) is 0 Å². The number of piperidine rings is 2. The number of nitrogens with zero attached hydrogens (tertiary/aromatic N) is 3. The van der Waals surface area contributed by atoms with Crippen molar-refractivity contribution in [3.05, 3.63) is 29.8 Å². The number of guanidine groups is 1. The second kappa shape index (κ2) is 11.8. The normalized spacial score (nSPS) is 20.0. The van der Waals surface area contributed by atoms with Gasteiger partial charge < -0.3 is 15.5 Å². The van der Waals surface area contributed by atoms with E-state index in [-0.39, 0.29) is 0 Å². The number of aliphatic imine (C=N–C) groups is 1. The summed E-state index contributed by atoms with van der Waals surface area (Å²) in [5, 5.41) is 6.89. The van der Waals surface area contributed by atoms with Crippen LogP contribution in [0.5, 0.6) is 0 Å². The number of hydrogen-bond acceptors (Lipinski definition) is 4. The largest absolute Gasteiger partial charge is 0.357 e. The van der Waals surface area contributed by atoms with Gasteiger partial charge in [-0.05, 0) is 57.2 Å². The molecule has 0 radical (unpaired) electrons. The molecule has 1 aromatic carbocycles. The van der Waals surface area contributed by atoms with Gasteiger partial charge in [0.25, 0.3) is 0 Å². The topological polar surface area (TPSA) is 77.0 Å². The Labute approximate surface area is 188 Å². The molecule has 2 N–H and O–H groups in total. The van der Waals surface area contributed by atoms with Crippen LogP contribution in [-0.4, -0.2) is 68.9 Å². The SMILES string of the molecule is CCCN1CCC(NC(=NCc2ccccc2S(=O)(=O)N2CCCCC2)NCC)CC1. The Morgan fingerprint density at radius 2 is 1.77 bits per heavy atom. The number of nitrogens with one attached hydrogen (secondary N) is 2. The van der Waals surface area contributed by atoms with Crippen molar-refractivity contribution < 1.29 is 8.42 Å². The number of likely N-dealkylation sites (tertiary alicyclic amines) is 1. The van der Waals surface area contributed by atoms with Gasteiger partial charge in [-0.3, -0.25) is 0 Å². The quantitative estimate of drug-likeness (QED) is 0.471. The lowest BCUT2D eigenvalue weighted by atomic mass is 10.1. The molecular formula is C23H39N5O2S. The van der Waals surface area contributed by atoms with Gasteiger partial charge in [0.05, 0.1) is 11.4 Å². The summed E-state index contributed by atoms with van der Waals surface area (Å²) in [6, 6.07) is 7.70. The third-order valence-electron chi connectivity index (χ3n) is 6.13. The zero-order valence-corrected chi connectivity index (χ0v) is 20.0. The van der Waals surface area contributed by atoms with E-state index in [1.54, 1.807) is 16.4 Å². The van der Waals surface area contributed by atoms with Crippen molar-refractivity contribution in [3.8, 4) is 0 Å². The van der Waals surface area contributed by atoms with Gasteiger partial charge in [0, 0.05) is 38.8 Å². The van der Waals surface area contributed by atoms with Crippen LogP contribution in [0, 0.1) is 0 Å². The fourth-order valence-corrected chi connectivity index (χ4v) is 6.16. The third kappa shape index (κ3) is 6.67. The standard InChI is InChI=1S/C23H39N5O2S/c1-3-14-27-17-12-21(13-18-27)26-23(24-4-2)25-19-20-10-6-7-11-22(20)31(29,30)28-15-8-5-9-16-28/h6-7,10-11,21H,3-5,8-9,12-19H2,1-2H3,(H2,24,25,26). The van der Waals surface area contributed by atoms with E-state index in [4.69, 9.17) is 4.99 Å². The molecule has 2 saturated heterocycles. The lowest BCUT2D eigenvalue weighted by Crippen LogP contribution is -2.48. The van der Waals surface area contributed by atoms with Gasteiger partial charge >= 0.3 is 0 Å². The molecule has 174 valence electrons. The minimum absolute atomic E-state index is 0.341. The summed E-state index contributed by atoms with van der Waals surface area (Å²) in [5.41, 5.74) is 0.753. The predicted octanol–water partition coefficient (Wildman–Crippen LogP) is 2.79. The van der Waals surface area contributed by atoms with E-state index < -0.39 is 10.0 Å². The summed E-state index contributed by atoms with van der Waals surface area (Å²) in [4.78, 5) is 7.66. The minimum Gasteiger partial charge on any atom is -0.357 e. The molecule has 3 rings (SSSR count). The molecule has 2 heterocycles. The molecule has 2 aliphatic heterocycles. The van der Waals surface area contributed by atoms with E-state index in [2.05, 4.69) is 29.4 Å². The first-order valence-corrected chi connectivity index (χ1v) is 13.3. The summed E-state index contributed by atoms with van der Waals surface area (Å²) < 4.78 is 28.1. The van der Waals surface area contributed by atoms with Crippen molar-refractivity contribution in [3.63, 3.8) is 0 Å². The molecule has 31 heavy (non-hydrogen) atoms. The Morgan fingerprint density at radius 3 is 2.45 bits per heavy atom. The maximum atomic E-state index is 13.2. The first kappa shape index (κ1) is 24.0. The molecular weight excluding hydrogens is 410 g/mol. The maximum Gasteiger partial charge on any atom is 0.243 e. The van der Waals surface area contributed by atoms with Crippen LogP contribution in [0.4, 0.5) is 0 Å². The smallest absolute Gasteiger partial charge is 0.243 e. The van der Waals surface area contributed by atoms with E-state index in [0.717, 1.165) is 63.3 Å². The molecule has 0 saturated carbocycles. The van der Waals surface area contributed by atoms with Crippen LogP contribution in [-0.2, 0) is 16.6 Å². The molecule has 7 nitrogen and oxygen atoms in total. The highest BCUT2D eigenvalue weighted by Crippen LogP contribution is 2.24. The van der Waals surface area contributed by atoms with E-state index >= 15 is 0 Å². The monoisotopic (exact) mass is 449 g/mol. The molecule has 0 amide bonds. The fraction of sp³-hybridized carbons (Fsp3) is 0.696. The van der Waals surface area contributed by atoms with Crippen LogP contribution in [0.15, 0.2) is 34.2 Å². The Bertz CT molecular complexity index is 813. The van der Waals surface area contributed by atoms with Crippen LogP contribution >= 0.6 is 0 Å². The van der Waals surface area contributed by atoms with Gasteiger partial charge in [-0.25, -0.2) is 13.4 Å². The van der Waals surface area contributed by atoms with Crippen molar-refractivity contribution in [2.24, 2.45) is 4.99 Å². The molecule has 1 aromatic rings. The second-order valence-electron chi connectivity index (χ2n) is 8.53. The molecule has 0 atom stereocenters. The highest BCUT2D eigenvalue weighted by Gasteiger charge is 2.28. The summed E-state index contributed by atoms with van der Waals surface area (Å²) in [6.07, 6.45) is 6.37. The van der Waals surface area contributed by atoms with Crippen LogP contribution in [0.3, 0.4) is 0 Å². The Kier molecular flexibility index (Phi) is 9.16. The van der Waals surface area contributed by atoms with Gasteiger partial charge in [-0.1, -0.05) is 31.5 Å². The van der Waals surface area contributed by atoms with Gasteiger partial charge in [0.15, 0.2) is 5.96 Å².